The van der Waals surface area contributed by atoms with Gasteiger partial charge >= 0.3 is 47.5 Å². The van der Waals surface area contributed by atoms with Crippen LogP contribution in [0.1, 0.15) is 182 Å². The van der Waals surface area contributed by atoms with Crippen LogP contribution in [0.15, 0.2) is 105 Å². The van der Waals surface area contributed by atoms with Crippen LogP contribution in [0.3, 0.4) is 0 Å². The largest absolute Gasteiger partial charge is 1.00 e. The molecule has 138 heavy (non-hydrogen) atoms. The van der Waals surface area contributed by atoms with Crippen molar-refractivity contribution < 1.29 is 126 Å². The molecule has 0 radical (unpaired) electrons. The molecule has 12 aromatic rings. The second kappa shape index (κ2) is 45.0. The van der Waals surface area contributed by atoms with E-state index in [1.165, 1.54) is 46.1 Å². The van der Waals surface area contributed by atoms with Crippen LogP contribution in [0.2, 0.25) is 30.1 Å². The summed E-state index contributed by atoms with van der Waals surface area (Å²) in [5.74, 6) is 1.71. The molecular weight excluding hydrogens is 2200 g/mol. The Balaban J connectivity index is 0.000000145. The van der Waals surface area contributed by atoms with Crippen molar-refractivity contribution in [2.75, 3.05) is 80.1 Å². The molecule has 0 bridgehead atoms. The fourth-order valence-electron chi connectivity index (χ4n) is 18.2. The number of aromatic nitrogens is 6. The summed E-state index contributed by atoms with van der Waals surface area (Å²) >= 11 is 47.7. The fraction of sp³-hybridized carbons (Fsp3) is 0.426. The van der Waals surface area contributed by atoms with Crippen LogP contribution < -0.4 is 63.7 Å². The van der Waals surface area contributed by atoms with E-state index >= 15 is 0 Å². The number of piperazine rings is 3. The summed E-state index contributed by atoms with van der Waals surface area (Å²) in [7, 11) is 0. The van der Waals surface area contributed by atoms with E-state index in [0.717, 1.165) is 135 Å². The van der Waals surface area contributed by atoms with Gasteiger partial charge in [0.15, 0.2) is 15.4 Å². The number of thiazole rings is 3. The van der Waals surface area contributed by atoms with Gasteiger partial charge in [-0.25, -0.2) is 29.3 Å². The van der Waals surface area contributed by atoms with E-state index in [2.05, 4.69) is 77.2 Å². The molecule has 2 amide bonds. The monoisotopic (exact) mass is 2290 g/mol. The first kappa shape index (κ1) is 103. The molecule has 9 fully saturated rings. The van der Waals surface area contributed by atoms with E-state index in [9.17, 15) is 39.3 Å². The van der Waals surface area contributed by atoms with Crippen molar-refractivity contribution in [3.63, 3.8) is 0 Å². The maximum Gasteiger partial charge on any atom is 1.00 e. The average Bonchev–Trinajstić information content (AvgIpc) is 1.62. The first-order valence-corrected chi connectivity index (χ1v) is 55.7. The maximum absolute atomic E-state index is 13.4. The number of ether oxygens (including phenoxy) is 6. The zero-order valence-corrected chi connectivity index (χ0v) is 88.9. The Morgan fingerprint density at radius 2 is 0.768 bits per heavy atom. The molecule has 0 unspecified atom stereocenters. The minimum Gasteiger partial charge on any atom is -0.662 e. The molecule has 6 atom stereocenters. The smallest absolute Gasteiger partial charge is 0.662 e. The second-order valence-electron chi connectivity index (χ2n) is 35.4. The number of halogens is 8. The van der Waals surface area contributed by atoms with Gasteiger partial charge in [0.1, 0.15) is 80.4 Å². The van der Waals surface area contributed by atoms with Gasteiger partial charge < -0.3 is 92.0 Å². The van der Waals surface area contributed by atoms with Gasteiger partial charge in [0.05, 0.1) is 117 Å². The maximum atomic E-state index is 13.4. The van der Waals surface area contributed by atoms with Gasteiger partial charge in [0.2, 0.25) is 0 Å². The number of carboxylic acid groups (broad SMARTS) is 3. The average molecular weight is 2300 g/mol. The zero-order valence-electron chi connectivity index (χ0n) is 75.6. The van der Waals surface area contributed by atoms with Crippen LogP contribution in [0.4, 0.5) is 15.4 Å². The predicted molar refractivity (Wildman–Crippen MR) is 537 cm³/mol. The van der Waals surface area contributed by atoms with Crippen molar-refractivity contribution in [1.82, 2.24) is 45.1 Å². The van der Waals surface area contributed by atoms with Crippen molar-refractivity contribution in [1.29, 1.82) is 0 Å². The summed E-state index contributed by atoms with van der Waals surface area (Å²) in [5, 5.41) is 55.7. The minimum absolute atomic E-state index is 0. The van der Waals surface area contributed by atoms with Gasteiger partial charge in [-0.2, -0.15) is 0 Å². The molecule has 9 aliphatic rings. The quantitative estimate of drug-likeness (QED) is 0.0135. The van der Waals surface area contributed by atoms with Crippen molar-refractivity contribution in [3.05, 3.63) is 172 Å². The van der Waals surface area contributed by atoms with E-state index < -0.39 is 30.1 Å². The van der Waals surface area contributed by atoms with E-state index in [4.69, 9.17) is 137 Å². The van der Waals surface area contributed by atoms with Crippen LogP contribution in [0.5, 0.6) is 17.2 Å². The molecular formula is C94H93Cl6I2N12NaO20S3. The van der Waals surface area contributed by atoms with Gasteiger partial charge in [0, 0.05) is 173 Å². The third-order valence-electron chi connectivity index (χ3n) is 24.9. The Hall–Kier alpha value is -7.76. The third kappa shape index (κ3) is 22.9. The number of hydrogen-bond donors (Lipinski definition) is 3. The number of nitrogens with zero attached hydrogens (tertiary/aromatic N) is 12. The standard InChI is InChI=1S/2C31H30Cl2N4O6S.C31H32Cl2N4O5S.CH2O3.I2.Na/c2*1-15(2)42-22-10-17(30(39)40)11-24-27(22)34-31(44-24)36-8-9-37-18(13-36)12-23(29(37)38)41-14-19-26(35-43-28(19)16-6-7-16)25-20(32)4-3-5-21(25)33;1-16(2)41-24-10-18(30(38)39)11-25-28(24)34-31(43-25)37-9-8-36-14-20(12-19(36)13-37)40-15-21-27(35-42-29(21)17-6-7-17)26-22(32)4-3-5-23(26)33;2-1-4-3;1-2;/h2*3-5,10-11,15-16,18,23H,6-9,12-14H2,1-2H3,(H,39,40);3-5,10-11,16-17,19-20H,6-9,12-15H2,1-2H3,(H,38,39);1,3H;;/q;;;;;+1/p-1/t2*18-,23+;19-,20+;;;/m111.../s1. The number of aromatic carboxylic acids is 3. The van der Waals surface area contributed by atoms with Gasteiger partial charge in [-0.15, -0.1) is 0 Å². The van der Waals surface area contributed by atoms with Crippen molar-refractivity contribution >= 4 is 223 Å². The number of carboxylic acids is 3. The SMILES string of the molecule is CC(C)Oc1cc(C(=O)O)cc2sc(N3CCN4C(=O)[C@@H](OCc5c(-c6c(Cl)cccc6Cl)noc5C5CC5)C[C@@H]4C3)nc12.CC(C)Oc1cc(C(=O)O)cc2sc(N3CCN4C(=O)[C@@H](OCc5c(-c6c(Cl)cccc6Cl)noc5C5CC5)C[C@@H]4C3)nc12.CC(C)Oc1cc(C(=O)O)cc2sc(N3CCN4C[C@@H](OCc5c(-c6c(Cl)cccc6Cl)noc5C5CC5)C[C@@H]4C3)nc12.II.O=CO[O-].[Na+]. The predicted octanol–water partition coefficient (Wildman–Crippen LogP) is 17.6. The van der Waals surface area contributed by atoms with E-state index in [1.54, 1.807) is 60.7 Å². The molecule has 3 aliphatic carbocycles. The minimum atomic E-state index is -1.02. The fourth-order valence-corrected chi connectivity index (χ4v) is 23.1. The van der Waals surface area contributed by atoms with E-state index in [0.29, 0.717) is 168 Å². The first-order valence-electron chi connectivity index (χ1n) is 44.6. The topological polar surface area (TPSA) is 387 Å². The molecule has 21 rings (SSSR count). The summed E-state index contributed by atoms with van der Waals surface area (Å²) in [6.07, 6.45) is 6.72. The van der Waals surface area contributed by atoms with E-state index in [-0.39, 0.29) is 126 Å². The summed E-state index contributed by atoms with van der Waals surface area (Å²) < 4.78 is 56.6. The van der Waals surface area contributed by atoms with Crippen LogP contribution in [0.25, 0.3) is 64.4 Å². The van der Waals surface area contributed by atoms with Crippen molar-refractivity contribution in [3.8, 4) is 51.0 Å². The Morgan fingerprint density at radius 3 is 1.07 bits per heavy atom. The van der Waals surface area contributed by atoms with Crippen LogP contribution in [0, 0.1) is 0 Å². The first-order chi connectivity index (χ1) is 66.0. The molecule has 6 aromatic heterocycles. The molecule has 6 aliphatic heterocycles. The molecule has 3 N–H and O–H groups in total. The number of benzene rings is 6. The molecule has 6 aromatic carbocycles. The number of amides is 2. The number of rotatable bonds is 28. The van der Waals surface area contributed by atoms with E-state index in [1.807, 2.05) is 69.5 Å². The molecule has 44 heteroatoms. The molecule has 6 saturated heterocycles. The number of carbonyl (C=O) groups is 6. The number of anilines is 3. The molecule has 3 saturated carbocycles. The summed E-state index contributed by atoms with van der Waals surface area (Å²) in [4.78, 5) is 101. The zero-order chi connectivity index (χ0) is 96.6. The van der Waals surface area contributed by atoms with Crippen molar-refractivity contribution in [2.24, 2.45) is 0 Å². The molecule has 32 nitrogen and oxygen atoms in total. The van der Waals surface area contributed by atoms with Crippen molar-refractivity contribution in [2.45, 2.75) is 192 Å². The third-order valence-corrected chi connectivity index (χ3v) is 30.0. The second-order valence-corrected chi connectivity index (χ2v) is 40.9. The summed E-state index contributed by atoms with van der Waals surface area (Å²) in [5.41, 5.74) is 8.71. The Kier molecular flexibility index (Phi) is 33.7. The van der Waals surface area contributed by atoms with Gasteiger partial charge in [-0.3, -0.25) is 19.3 Å². The summed E-state index contributed by atoms with van der Waals surface area (Å²) in [6, 6.07) is 25.9. The Morgan fingerprint density at radius 1 is 0.464 bits per heavy atom. The van der Waals surface area contributed by atoms with Crippen LogP contribution in [-0.2, 0) is 53.3 Å². The van der Waals surface area contributed by atoms with Gasteiger partial charge in [-0.05, 0) is 159 Å². The molecule has 724 valence electrons. The Labute approximate surface area is 879 Å². The summed E-state index contributed by atoms with van der Waals surface area (Å²) in [6.45, 7) is 18.9. The van der Waals surface area contributed by atoms with Crippen LogP contribution >= 0.6 is 141 Å². The Bertz CT molecular complexity index is 6220. The van der Waals surface area contributed by atoms with Gasteiger partial charge in [-0.1, -0.05) is 137 Å². The number of carbonyl (C=O) groups excluding carboxylic acids is 3. The normalized spacial score (nSPS) is 19.5. The number of hydrogen-bond acceptors (Lipinski definition) is 30. The van der Waals surface area contributed by atoms with Gasteiger partial charge in [0.25, 0.3) is 18.3 Å². The molecule has 12 heterocycles. The number of fused-ring (bicyclic) bond motifs is 6. The molecule has 0 spiro atoms. The van der Waals surface area contributed by atoms with Crippen LogP contribution in [-0.4, -0.2) is 217 Å².